The summed E-state index contributed by atoms with van der Waals surface area (Å²) in [6.45, 7) is 0.525. The molecule has 4 nitrogen and oxygen atoms in total. The zero-order valence-corrected chi connectivity index (χ0v) is 24.6. The van der Waals surface area contributed by atoms with Crippen molar-refractivity contribution in [3.63, 3.8) is 0 Å². The molecule has 0 saturated carbocycles. The number of hydrogen-bond donors (Lipinski definition) is 2. The fraction of sp³-hybridized carbons (Fsp3) is 1.00. The van der Waals surface area contributed by atoms with Gasteiger partial charge in [-0.3, -0.25) is 5.32 Å². The lowest BCUT2D eigenvalue weighted by molar-refractivity contribution is -0.458. The highest BCUT2D eigenvalue weighted by Gasteiger charge is 2.96. The van der Waals surface area contributed by atoms with Gasteiger partial charge in [0.25, 0.3) is 10.0 Å². The first-order chi connectivity index (χ1) is 21.3. The molecular weight excluding hydrogens is 781 g/mol. The Morgan fingerprint density at radius 2 is 0.735 bits per heavy atom. The van der Waals surface area contributed by atoms with Crippen LogP contribution in [0.4, 0.5) is 101 Å². The maximum atomic E-state index is 14.0. The van der Waals surface area contributed by atoms with Gasteiger partial charge in [-0.25, -0.2) is 8.42 Å². The lowest BCUT2D eigenvalue weighted by atomic mass is 9.91. The molecule has 0 rings (SSSR count). The van der Waals surface area contributed by atoms with Crippen molar-refractivity contribution in [2.24, 2.45) is 0 Å². The minimum atomic E-state index is -9.33. The number of alkyl halides is 23. The summed E-state index contributed by atoms with van der Waals surface area (Å²) in [7, 11) is -9.04. The molecule has 2 N–H and O–H groups in total. The van der Waals surface area contributed by atoms with Crippen molar-refractivity contribution >= 4 is 10.0 Å². The summed E-state index contributed by atoms with van der Waals surface area (Å²) in [5.41, 5.74) is 0. The Morgan fingerprint density at radius 1 is 0.408 bits per heavy atom. The second-order valence-corrected chi connectivity index (χ2v) is 11.9. The second-order valence-electron chi connectivity index (χ2n) is 10.2. The number of hydrogen-bond acceptors (Lipinski definition) is 3. The van der Waals surface area contributed by atoms with Crippen LogP contribution in [0.2, 0.25) is 0 Å². The molecular formula is C21H23F23N2O2S. The van der Waals surface area contributed by atoms with Gasteiger partial charge < -0.3 is 0 Å². The molecule has 0 aromatic rings. The van der Waals surface area contributed by atoms with Gasteiger partial charge in [-0.1, -0.05) is 51.9 Å². The summed E-state index contributed by atoms with van der Waals surface area (Å²) >= 11 is 0. The van der Waals surface area contributed by atoms with Crippen molar-refractivity contribution in [2.75, 3.05) is 6.54 Å². The average Bonchev–Trinajstić information content (AvgIpc) is 2.89. The molecule has 0 bridgehead atoms. The quantitative estimate of drug-likeness (QED) is 0.0691. The minimum absolute atomic E-state index is 0.0389. The number of halogens is 23. The summed E-state index contributed by atoms with van der Waals surface area (Å²) in [5.74, 6) is -61.9. The predicted octanol–water partition coefficient (Wildman–Crippen LogP) is 9.42. The Labute approximate surface area is 260 Å². The zero-order valence-electron chi connectivity index (χ0n) is 23.8. The maximum absolute atomic E-state index is 14.0. The van der Waals surface area contributed by atoms with E-state index < -0.39 is 92.7 Å². The summed E-state index contributed by atoms with van der Waals surface area (Å²) in [6.07, 6.45) is -4.87. The van der Waals surface area contributed by atoms with E-state index >= 15 is 0 Å². The van der Waals surface area contributed by atoms with Crippen LogP contribution in [0.5, 0.6) is 0 Å². The van der Waals surface area contributed by atoms with Crippen LogP contribution in [0.15, 0.2) is 0 Å². The van der Waals surface area contributed by atoms with Crippen LogP contribution < -0.4 is 10.0 Å². The van der Waals surface area contributed by atoms with E-state index in [2.05, 4.69) is 0 Å². The Balaban J connectivity index is 6.42. The van der Waals surface area contributed by atoms with E-state index in [1.54, 1.807) is 0 Å². The molecule has 0 fully saturated rings. The molecule has 0 atom stereocenters. The highest BCUT2D eigenvalue weighted by atomic mass is 32.2. The lowest BCUT2D eigenvalue weighted by Crippen LogP contribution is -2.76. The van der Waals surface area contributed by atoms with Gasteiger partial charge in [0.15, 0.2) is 0 Å². The van der Waals surface area contributed by atoms with E-state index in [9.17, 15) is 109 Å². The highest BCUT2D eigenvalue weighted by Crippen LogP contribution is 2.64. The molecule has 0 aliphatic rings. The zero-order chi connectivity index (χ0) is 39.8. The molecule has 0 amide bonds. The van der Waals surface area contributed by atoms with Crippen LogP contribution >= 0.6 is 0 Å². The monoisotopic (exact) mass is 804 g/mol. The summed E-state index contributed by atoms with van der Waals surface area (Å²) in [6, 6.07) is -14.0. The molecule has 0 unspecified atom stereocenters. The molecule has 0 saturated heterocycles. The van der Waals surface area contributed by atoms with Crippen molar-refractivity contribution in [3.8, 4) is 0 Å². The number of sulfonamides is 1. The molecule has 0 aromatic heterocycles. The first kappa shape index (κ1) is 47.3. The molecule has 0 aromatic carbocycles. The van der Waals surface area contributed by atoms with E-state index in [-0.39, 0.29) is 12.8 Å². The van der Waals surface area contributed by atoms with E-state index in [4.69, 9.17) is 0 Å². The molecule has 296 valence electrons. The average molecular weight is 804 g/mol. The summed E-state index contributed by atoms with van der Waals surface area (Å²) in [5, 5.41) is -8.27. The number of unbranched alkanes of at least 4 members (excludes halogenated alkanes) is 7. The van der Waals surface area contributed by atoms with Crippen LogP contribution in [0.1, 0.15) is 58.3 Å². The molecule has 49 heavy (non-hydrogen) atoms. The third kappa shape index (κ3) is 8.03. The Kier molecular flexibility index (Phi) is 13.8. The smallest absolute Gasteiger partial charge is 0.253 e. The van der Waals surface area contributed by atoms with Crippen molar-refractivity contribution in [1.82, 2.24) is 10.0 Å². The summed E-state index contributed by atoms with van der Waals surface area (Å²) < 4.78 is 331. The molecule has 0 aliphatic carbocycles. The van der Waals surface area contributed by atoms with Crippen LogP contribution in [-0.2, 0) is 10.0 Å². The highest BCUT2D eigenvalue weighted by molar-refractivity contribution is 7.90. The molecule has 0 radical (unpaired) electrons. The Bertz CT molecular complexity index is 1200. The SMILES string of the molecule is CCCCCCCCCCNC(F)(F)C(F)(F)C(F)(F)NS(=O)(=O)C(F)(F)C(F)(F)C(F)(F)C(F)(F)C(F)(F)C(F)(F)C(F)(F)C(F)(F)F. The van der Waals surface area contributed by atoms with Gasteiger partial charge in [-0.05, 0) is 6.42 Å². The van der Waals surface area contributed by atoms with Gasteiger partial charge in [-0.2, -0.15) is 101 Å². The van der Waals surface area contributed by atoms with Crippen LogP contribution in [0.3, 0.4) is 0 Å². The molecule has 0 heterocycles. The van der Waals surface area contributed by atoms with Gasteiger partial charge in [0.1, 0.15) is 0 Å². The topological polar surface area (TPSA) is 58.2 Å². The van der Waals surface area contributed by atoms with Crippen LogP contribution in [-0.4, -0.2) is 79.9 Å². The molecule has 28 heteroatoms. The van der Waals surface area contributed by atoms with E-state index in [0.717, 1.165) is 19.3 Å². The Morgan fingerprint density at radius 3 is 1.10 bits per heavy atom. The van der Waals surface area contributed by atoms with E-state index in [1.807, 2.05) is 6.92 Å². The maximum Gasteiger partial charge on any atom is 0.460 e. The van der Waals surface area contributed by atoms with Gasteiger partial charge in [0.05, 0.1) is 0 Å². The number of rotatable bonds is 21. The normalized spacial score (nSPS) is 16.0. The van der Waals surface area contributed by atoms with Crippen molar-refractivity contribution < 1.29 is 109 Å². The first-order valence-corrected chi connectivity index (χ1v) is 14.4. The second kappa shape index (κ2) is 14.4. The van der Waals surface area contributed by atoms with Gasteiger partial charge >= 0.3 is 65.0 Å². The largest absolute Gasteiger partial charge is 0.460 e. The Hall–Kier alpha value is -1.74. The van der Waals surface area contributed by atoms with Crippen LogP contribution in [0.25, 0.3) is 0 Å². The van der Waals surface area contributed by atoms with Crippen molar-refractivity contribution in [1.29, 1.82) is 0 Å². The van der Waals surface area contributed by atoms with Gasteiger partial charge in [0.2, 0.25) is 0 Å². The fourth-order valence-corrected chi connectivity index (χ4v) is 4.49. The van der Waals surface area contributed by atoms with Crippen molar-refractivity contribution in [2.45, 2.75) is 123 Å². The molecule has 0 spiro atoms. The van der Waals surface area contributed by atoms with Crippen LogP contribution in [0, 0.1) is 0 Å². The fourth-order valence-electron chi connectivity index (χ4n) is 3.43. The third-order valence-electron chi connectivity index (χ3n) is 6.46. The number of nitrogens with one attached hydrogen (secondary N) is 2. The minimum Gasteiger partial charge on any atom is -0.253 e. The third-order valence-corrected chi connectivity index (χ3v) is 7.92. The van der Waals surface area contributed by atoms with Crippen molar-refractivity contribution in [3.05, 3.63) is 0 Å². The first-order valence-electron chi connectivity index (χ1n) is 12.9. The van der Waals surface area contributed by atoms with E-state index in [0.29, 0.717) is 18.2 Å². The van der Waals surface area contributed by atoms with E-state index in [1.165, 1.54) is 0 Å². The van der Waals surface area contributed by atoms with Gasteiger partial charge in [-0.15, -0.1) is 4.72 Å². The standard InChI is InChI=1S/C21H23F23N2O2S/c1-2-3-4-5-6-7-8-9-10-45-19(39,40)17(34,35)20(41,42)46-49(47,48)21(43,44)16(32,33)14(28,29)12(24,25)11(22,23)13(26,27)15(30,31)18(36,37)38/h45-46H,2-10H2,1H3. The van der Waals surface area contributed by atoms with Gasteiger partial charge in [0, 0.05) is 6.54 Å². The summed E-state index contributed by atoms with van der Waals surface area (Å²) in [4.78, 5) is 0. The predicted molar refractivity (Wildman–Crippen MR) is 118 cm³/mol. The molecule has 0 aliphatic heterocycles. The lowest BCUT2D eigenvalue weighted by Gasteiger charge is -2.42.